The first kappa shape index (κ1) is 29.2. The van der Waals surface area contributed by atoms with E-state index in [1.807, 2.05) is 0 Å². The van der Waals surface area contributed by atoms with E-state index in [4.69, 9.17) is 27.7 Å². The molecule has 0 aliphatic heterocycles. The van der Waals surface area contributed by atoms with E-state index in [0.29, 0.717) is 61.3 Å². The summed E-state index contributed by atoms with van der Waals surface area (Å²) >= 11 is 0. The summed E-state index contributed by atoms with van der Waals surface area (Å²) in [5.41, 5.74) is 23.0. The number of hydrogen-bond acceptors (Lipinski definition) is 6. The zero-order valence-electron chi connectivity index (χ0n) is 22.1. The summed E-state index contributed by atoms with van der Waals surface area (Å²) in [7, 11) is 0. The Morgan fingerprint density at radius 1 is 0.974 bits per heavy atom. The lowest BCUT2D eigenvalue weighted by atomic mass is 9.84. The molecule has 2 atom stereocenters. The van der Waals surface area contributed by atoms with E-state index in [2.05, 4.69) is 15.6 Å². The molecule has 0 spiro atoms. The highest BCUT2D eigenvalue weighted by Gasteiger charge is 2.28. The van der Waals surface area contributed by atoms with Crippen LogP contribution < -0.4 is 38.3 Å². The van der Waals surface area contributed by atoms with Gasteiger partial charge in [0.1, 0.15) is 11.8 Å². The molecule has 0 heterocycles. The second kappa shape index (κ2) is 14.6. The number of carbonyl (C=O) groups is 3. The van der Waals surface area contributed by atoms with E-state index in [0.717, 1.165) is 38.5 Å². The Morgan fingerprint density at radius 3 is 2.32 bits per heavy atom. The molecule has 38 heavy (non-hydrogen) atoms. The number of aliphatic imine (C=N–C) groups is 1. The zero-order valence-corrected chi connectivity index (χ0v) is 22.1. The number of rotatable bonds is 14. The molecule has 1 aromatic carbocycles. The highest BCUT2D eigenvalue weighted by atomic mass is 16.5. The number of nitrogens with two attached hydrogens (primary N) is 4. The lowest BCUT2D eigenvalue weighted by Gasteiger charge is -2.28. The van der Waals surface area contributed by atoms with Crippen molar-refractivity contribution in [1.82, 2.24) is 5.32 Å². The number of anilines is 1. The molecular weight excluding hydrogens is 486 g/mol. The van der Waals surface area contributed by atoms with Crippen molar-refractivity contribution in [3.05, 3.63) is 23.8 Å². The fourth-order valence-electron chi connectivity index (χ4n) is 4.90. The van der Waals surface area contributed by atoms with Gasteiger partial charge in [0.15, 0.2) is 5.96 Å². The second-order valence-electron chi connectivity index (χ2n) is 10.5. The highest BCUT2D eigenvalue weighted by molar-refractivity contribution is 6.00. The minimum Gasteiger partial charge on any atom is -0.491 e. The fraction of sp³-hybridized carbons (Fsp3) is 0.630. The predicted octanol–water partition coefficient (Wildman–Crippen LogP) is 1.74. The Morgan fingerprint density at radius 2 is 1.68 bits per heavy atom. The summed E-state index contributed by atoms with van der Waals surface area (Å²) in [6.07, 6.45) is 10.3. The quantitative estimate of drug-likeness (QED) is 0.120. The maximum absolute atomic E-state index is 13.5. The standard InChI is InChI=1S/C27H43N7O4/c28-20(10-5-13-32-27(30)31)25(36)34-22(14-17-6-2-1-3-7-17)26(37)33-21-12-11-19(24(29)35)15-23(21)38-16-18-8-4-9-18/h11-12,15,17-18,20,22H,1-10,13-14,16,28H2,(H2,29,35)(H,33,37)(H,34,36)(H4,30,31,32)/t20-,22-/m0/s1. The largest absolute Gasteiger partial charge is 0.491 e. The summed E-state index contributed by atoms with van der Waals surface area (Å²) in [6, 6.07) is 3.17. The van der Waals surface area contributed by atoms with Gasteiger partial charge in [0, 0.05) is 12.1 Å². The van der Waals surface area contributed by atoms with Crippen molar-refractivity contribution in [2.75, 3.05) is 18.5 Å². The van der Waals surface area contributed by atoms with Crippen LogP contribution in [0.5, 0.6) is 5.75 Å². The lowest BCUT2D eigenvalue weighted by molar-refractivity contribution is -0.127. The first-order valence-electron chi connectivity index (χ1n) is 13.7. The third-order valence-corrected chi connectivity index (χ3v) is 7.45. The molecule has 2 fully saturated rings. The van der Waals surface area contributed by atoms with Crippen molar-refractivity contribution in [2.45, 2.75) is 82.7 Å². The molecular formula is C27H43N7O4. The van der Waals surface area contributed by atoms with Crippen LogP contribution in [0.15, 0.2) is 23.2 Å². The molecule has 1 aromatic rings. The molecule has 2 aliphatic carbocycles. The molecule has 11 heteroatoms. The van der Waals surface area contributed by atoms with E-state index >= 15 is 0 Å². The number of carbonyl (C=O) groups excluding carboxylic acids is 3. The Hall–Kier alpha value is -3.34. The maximum Gasteiger partial charge on any atom is 0.248 e. The van der Waals surface area contributed by atoms with Crippen LogP contribution in [0, 0.1) is 11.8 Å². The van der Waals surface area contributed by atoms with Crippen LogP contribution in [-0.2, 0) is 9.59 Å². The van der Waals surface area contributed by atoms with Gasteiger partial charge in [0.2, 0.25) is 17.7 Å². The van der Waals surface area contributed by atoms with Gasteiger partial charge in [-0.3, -0.25) is 19.4 Å². The Bertz CT molecular complexity index is 986. The molecule has 0 saturated heterocycles. The van der Waals surface area contributed by atoms with Crippen LogP contribution in [-0.4, -0.2) is 48.9 Å². The van der Waals surface area contributed by atoms with Crippen LogP contribution in [0.1, 0.15) is 81.0 Å². The van der Waals surface area contributed by atoms with Gasteiger partial charge in [0.05, 0.1) is 18.3 Å². The molecule has 0 aromatic heterocycles. The van der Waals surface area contributed by atoms with Crippen LogP contribution in [0.4, 0.5) is 5.69 Å². The first-order valence-corrected chi connectivity index (χ1v) is 13.7. The normalized spacial score (nSPS) is 17.5. The maximum atomic E-state index is 13.5. The Balaban J connectivity index is 1.70. The van der Waals surface area contributed by atoms with Gasteiger partial charge in [-0.1, -0.05) is 38.5 Å². The molecule has 0 bridgehead atoms. The van der Waals surface area contributed by atoms with E-state index in [1.165, 1.54) is 12.8 Å². The average Bonchev–Trinajstić information content (AvgIpc) is 2.86. The number of guanidine groups is 1. The number of benzene rings is 1. The predicted molar refractivity (Wildman–Crippen MR) is 147 cm³/mol. The van der Waals surface area contributed by atoms with E-state index < -0.39 is 23.9 Å². The van der Waals surface area contributed by atoms with Crippen molar-refractivity contribution < 1.29 is 19.1 Å². The number of ether oxygens (including phenoxy) is 1. The topological polar surface area (TPSA) is 201 Å². The number of nitrogens with zero attached hydrogens (tertiary/aromatic N) is 1. The van der Waals surface area contributed by atoms with Crippen molar-refractivity contribution in [2.24, 2.45) is 39.8 Å². The number of amides is 3. The molecule has 11 nitrogen and oxygen atoms in total. The summed E-state index contributed by atoms with van der Waals surface area (Å²) in [5.74, 6) is -0.138. The summed E-state index contributed by atoms with van der Waals surface area (Å²) in [4.78, 5) is 42.0. The minimum absolute atomic E-state index is 0.00728. The van der Waals surface area contributed by atoms with Crippen LogP contribution in [0.2, 0.25) is 0 Å². The third kappa shape index (κ3) is 9.20. The molecule has 0 unspecified atom stereocenters. The molecule has 3 amide bonds. The molecule has 2 aliphatic rings. The molecule has 10 N–H and O–H groups in total. The smallest absolute Gasteiger partial charge is 0.248 e. The van der Waals surface area contributed by atoms with Gasteiger partial charge in [0.25, 0.3) is 0 Å². The van der Waals surface area contributed by atoms with Gasteiger partial charge in [-0.2, -0.15) is 0 Å². The summed E-state index contributed by atoms with van der Waals surface area (Å²) < 4.78 is 6.00. The van der Waals surface area contributed by atoms with E-state index in [9.17, 15) is 14.4 Å². The molecule has 0 radical (unpaired) electrons. The zero-order chi connectivity index (χ0) is 27.5. The minimum atomic E-state index is -0.790. The first-order chi connectivity index (χ1) is 18.2. The molecule has 2 saturated carbocycles. The molecule has 210 valence electrons. The lowest BCUT2D eigenvalue weighted by Crippen LogP contribution is -2.50. The van der Waals surface area contributed by atoms with Crippen molar-refractivity contribution >= 4 is 29.4 Å². The van der Waals surface area contributed by atoms with Gasteiger partial charge < -0.3 is 38.3 Å². The number of nitrogens with one attached hydrogen (secondary N) is 2. The number of hydrogen-bond donors (Lipinski definition) is 6. The van der Waals surface area contributed by atoms with Crippen LogP contribution >= 0.6 is 0 Å². The fourth-order valence-corrected chi connectivity index (χ4v) is 4.90. The van der Waals surface area contributed by atoms with Crippen LogP contribution in [0.25, 0.3) is 0 Å². The van der Waals surface area contributed by atoms with Crippen LogP contribution in [0.3, 0.4) is 0 Å². The van der Waals surface area contributed by atoms with Crippen molar-refractivity contribution in [3.8, 4) is 5.75 Å². The van der Waals surface area contributed by atoms with Gasteiger partial charge in [-0.25, -0.2) is 0 Å². The van der Waals surface area contributed by atoms with Crippen molar-refractivity contribution in [3.63, 3.8) is 0 Å². The summed E-state index contributed by atoms with van der Waals surface area (Å²) in [5, 5.41) is 5.79. The molecule has 3 rings (SSSR count). The average molecular weight is 530 g/mol. The SMILES string of the molecule is NC(=O)c1ccc(NC(=O)[C@H](CC2CCCCC2)NC(=O)[C@@H](N)CCCN=C(N)N)c(OCC2CCC2)c1. The Labute approximate surface area is 224 Å². The van der Waals surface area contributed by atoms with Gasteiger partial charge in [-0.15, -0.1) is 0 Å². The number of primary amides is 1. The second-order valence-corrected chi connectivity index (χ2v) is 10.5. The Kier molecular flexibility index (Phi) is 11.2. The van der Waals surface area contributed by atoms with E-state index in [-0.39, 0.29) is 11.9 Å². The van der Waals surface area contributed by atoms with Gasteiger partial charge >= 0.3 is 0 Å². The van der Waals surface area contributed by atoms with Gasteiger partial charge in [-0.05, 0) is 62.1 Å². The summed E-state index contributed by atoms with van der Waals surface area (Å²) in [6.45, 7) is 0.877. The van der Waals surface area contributed by atoms with E-state index in [1.54, 1.807) is 18.2 Å². The van der Waals surface area contributed by atoms with Crippen molar-refractivity contribution in [1.29, 1.82) is 0 Å². The third-order valence-electron chi connectivity index (χ3n) is 7.45. The monoisotopic (exact) mass is 529 g/mol. The highest BCUT2D eigenvalue weighted by Crippen LogP contribution is 2.32.